The second-order valence-electron chi connectivity index (χ2n) is 29.9. The SMILES string of the molecule is C=CCN1CCC2(CC1)OCCN2S(=O)(=O)c1ccc(OC)cc1.CC(=O)c1ccc(S(=O)(=O)N2CCOC23CCN(C)CC3)cc1.COc1ccc(S(=O)(=O)N2CCOC23CCN(C)CC3)cc1.O=C(c1ccc(S(=O)(=O)N2CCOC23CCNCC3)cc1)C(F)(F)F.O=S(=O)(c1ccc(OC(F)(F)F)cc1)N1CCOC12CCNCC2. The first-order valence-electron chi connectivity index (χ1n) is 38.7. The zero-order chi connectivity index (χ0) is 85.4. The topological polar surface area (TPSA) is 329 Å². The molecule has 10 fully saturated rings. The van der Waals surface area contributed by atoms with Crippen molar-refractivity contribution in [3.8, 4) is 17.2 Å². The number of hydrogen-bond donors (Lipinski definition) is 2. The molecule has 10 aliphatic rings. The largest absolute Gasteiger partial charge is 0.573 e. The van der Waals surface area contributed by atoms with Gasteiger partial charge in [0.15, 0.2) is 5.78 Å². The molecule has 5 aromatic carbocycles. The van der Waals surface area contributed by atoms with Gasteiger partial charge in [-0.3, -0.25) is 14.5 Å². The summed E-state index contributed by atoms with van der Waals surface area (Å²) in [7, 11) is -11.4. The third-order valence-corrected chi connectivity index (χ3v) is 32.5. The molecule has 0 bridgehead atoms. The van der Waals surface area contributed by atoms with E-state index in [2.05, 4.69) is 36.6 Å². The lowest BCUT2D eigenvalue weighted by atomic mass is 10.0. The Kier molecular flexibility index (Phi) is 29.3. The molecular formula is C77H102F6N10O20S5. The monoisotopic (exact) mass is 1760 g/mol. The summed E-state index contributed by atoms with van der Waals surface area (Å²) < 4.78 is 254. The Morgan fingerprint density at radius 2 is 0.653 bits per heavy atom. The summed E-state index contributed by atoms with van der Waals surface area (Å²) >= 11 is 0. The van der Waals surface area contributed by atoms with Crippen molar-refractivity contribution >= 4 is 61.7 Å². The van der Waals surface area contributed by atoms with Gasteiger partial charge in [-0.1, -0.05) is 18.2 Å². The van der Waals surface area contributed by atoms with Crippen molar-refractivity contribution in [1.82, 2.24) is 46.9 Å². The minimum atomic E-state index is -5.00. The van der Waals surface area contributed by atoms with E-state index in [4.69, 9.17) is 33.2 Å². The number of ketones is 2. The van der Waals surface area contributed by atoms with Crippen molar-refractivity contribution in [3.63, 3.8) is 0 Å². The van der Waals surface area contributed by atoms with E-state index in [1.807, 2.05) is 20.2 Å². The standard InChI is InChI=1S/C17H24N2O4S.C16H22N2O4S.C15H17F3N2O4S.C15H22N2O4S.C14H17F3N2O4S/c1-3-10-18-11-8-17(9-12-18)19(13-14-23-17)24(20,21)16-6-4-15(22-2)5-7-16;1-13(19)14-3-5-15(6-4-14)23(20,21)18-11-12-22-16(18)7-9-17(2)10-8-16;16-15(17,18)13(21)11-1-3-12(4-2-11)25(22,23)20-9-10-24-14(20)5-7-19-8-6-14;1-16-9-7-15(8-10-16)17(11-12-21-15)22(18,19)14-5-3-13(20-2)4-6-14;15-14(16,17)23-11-1-3-12(4-2-11)24(20,21)19-9-10-22-13(19)5-7-18-8-6-13/h3-7H,1,8-14H2,2H3;3-6H,7-12H2,1-2H3;1-4,19H,5-10H2;3-6H,7-12H2,1-2H3;1-4,18H,5-10H2. The van der Waals surface area contributed by atoms with Gasteiger partial charge in [-0.25, -0.2) is 42.1 Å². The second-order valence-corrected chi connectivity index (χ2v) is 39.2. The molecule has 0 radical (unpaired) electrons. The number of nitrogens with one attached hydrogen (secondary N) is 2. The zero-order valence-electron chi connectivity index (χ0n) is 66.3. The van der Waals surface area contributed by atoms with E-state index in [1.54, 1.807) is 83.5 Å². The highest BCUT2D eigenvalue weighted by atomic mass is 32.2. The number of ether oxygens (including phenoxy) is 8. The molecule has 0 saturated carbocycles. The van der Waals surface area contributed by atoms with Crippen LogP contribution in [0.4, 0.5) is 26.3 Å². The van der Waals surface area contributed by atoms with Gasteiger partial charge in [0.05, 0.1) is 71.7 Å². The molecule has 10 heterocycles. The van der Waals surface area contributed by atoms with E-state index in [0.717, 1.165) is 94.3 Å². The van der Waals surface area contributed by atoms with Gasteiger partial charge in [0.1, 0.15) is 45.9 Å². The first-order valence-corrected chi connectivity index (χ1v) is 45.9. The van der Waals surface area contributed by atoms with E-state index >= 15 is 0 Å². The predicted molar refractivity (Wildman–Crippen MR) is 419 cm³/mol. The summed E-state index contributed by atoms with van der Waals surface area (Å²) in [5.41, 5.74) is -3.97. The highest BCUT2D eigenvalue weighted by Crippen LogP contribution is 2.44. The fourth-order valence-electron chi connectivity index (χ4n) is 16.2. The second kappa shape index (κ2) is 37.6. The number of likely N-dealkylation sites (tertiary alicyclic amines) is 3. The third kappa shape index (κ3) is 20.5. The minimum absolute atomic E-state index is 0.0785. The van der Waals surface area contributed by atoms with Crippen molar-refractivity contribution < 1.29 is 116 Å². The van der Waals surface area contributed by atoms with Gasteiger partial charge < -0.3 is 58.3 Å². The summed E-state index contributed by atoms with van der Waals surface area (Å²) in [6.45, 7) is 17.0. The number of alkyl halides is 6. The van der Waals surface area contributed by atoms with Crippen LogP contribution in [0.15, 0.2) is 158 Å². The predicted octanol–water partition coefficient (Wildman–Crippen LogP) is 7.38. The van der Waals surface area contributed by atoms with Crippen LogP contribution >= 0.6 is 0 Å². The Bertz CT molecular complexity index is 4860. The van der Waals surface area contributed by atoms with Gasteiger partial charge in [0, 0.05) is 154 Å². The highest BCUT2D eigenvalue weighted by molar-refractivity contribution is 7.90. The number of halogens is 6. The van der Waals surface area contributed by atoms with Gasteiger partial charge in [-0.05, 0) is 156 Å². The summed E-state index contributed by atoms with van der Waals surface area (Å²) in [6, 6.07) is 27.2. The number of piperidine rings is 5. The molecule has 0 amide bonds. The van der Waals surface area contributed by atoms with Crippen molar-refractivity contribution in [2.45, 2.75) is 137 Å². The molecule has 10 aliphatic heterocycles. The highest BCUT2D eigenvalue weighted by Gasteiger charge is 2.55. The maximum atomic E-state index is 13.1. The number of Topliss-reactive ketones (excluding diaryl/α,β-unsaturated/α-hetero) is 2. The van der Waals surface area contributed by atoms with Crippen LogP contribution < -0.4 is 24.8 Å². The number of benzene rings is 5. The van der Waals surface area contributed by atoms with Crippen molar-refractivity contribution in [2.24, 2.45) is 0 Å². The van der Waals surface area contributed by atoms with Crippen LogP contribution in [0.2, 0.25) is 0 Å². The van der Waals surface area contributed by atoms with Crippen LogP contribution in [0.3, 0.4) is 0 Å². The molecular weight excluding hydrogens is 1660 g/mol. The van der Waals surface area contributed by atoms with E-state index in [-0.39, 0.29) is 50.0 Å². The molecule has 0 unspecified atom stereocenters. The summed E-state index contributed by atoms with van der Waals surface area (Å²) in [5.74, 6) is -1.26. The molecule has 0 aliphatic carbocycles. The van der Waals surface area contributed by atoms with E-state index in [9.17, 15) is 78.0 Å². The van der Waals surface area contributed by atoms with E-state index in [0.29, 0.717) is 154 Å². The van der Waals surface area contributed by atoms with Crippen molar-refractivity contribution in [3.05, 3.63) is 145 Å². The number of nitrogens with zero attached hydrogens (tertiary/aromatic N) is 8. The Labute approximate surface area is 685 Å². The molecule has 118 heavy (non-hydrogen) atoms. The number of rotatable bonds is 17. The fraction of sp³-hybridized carbons (Fsp3) is 0.558. The third-order valence-electron chi connectivity index (χ3n) is 22.7. The van der Waals surface area contributed by atoms with Crippen molar-refractivity contribution in [2.75, 3.05) is 166 Å². The molecule has 15 rings (SSSR count). The smallest absolute Gasteiger partial charge is 0.497 e. The van der Waals surface area contributed by atoms with Crippen LogP contribution in [0.25, 0.3) is 0 Å². The number of carbonyl (C=O) groups is 2. The quantitative estimate of drug-likeness (QED) is 0.0520. The van der Waals surface area contributed by atoms with Gasteiger partial charge in [0.2, 0.25) is 50.1 Å². The lowest BCUT2D eigenvalue weighted by molar-refractivity contribution is -0.274. The minimum Gasteiger partial charge on any atom is -0.497 e. The molecule has 2 N–H and O–H groups in total. The van der Waals surface area contributed by atoms with Gasteiger partial charge in [-0.2, -0.15) is 34.7 Å². The lowest BCUT2D eigenvalue weighted by Crippen LogP contribution is -2.54. The van der Waals surface area contributed by atoms with Gasteiger partial charge in [-0.15, -0.1) is 19.8 Å². The van der Waals surface area contributed by atoms with Gasteiger partial charge >= 0.3 is 12.5 Å². The number of hydrogen-bond acceptors (Lipinski definition) is 25. The zero-order valence-corrected chi connectivity index (χ0v) is 70.4. The maximum Gasteiger partial charge on any atom is 0.573 e. The van der Waals surface area contributed by atoms with E-state index < -0.39 is 108 Å². The number of carbonyl (C=O) groups excluding carboxylic acids is 2. The van der Waals surface area contributed by atoms with Crippen LogP contribution in [0.1, 0.15) is 91.8 Å². The Balaban J connectivity index is 0.000000145. The number of methoxy groups -OCH3 is 2. The normalized spacial score (nSPS) is 22.2. The Morgan fingerprint density at radius 1 is 0.398 bits per heavy atom. The molecule has 5 spiro atoms. The molecule has 0 aromatic heterocycles. The fourth-order valence-corrected chi connectivity index (χ4v) is 24.8. The average Bonchev–Trinajstić information content (AvgIpc) is 1.59. The maximum absolute atomic E-state index is 13.1. The molecule has 30 nitrogen and oxygen atoms in total. The molecule has 5 aromatic rings. The first-order chi connectivity index (χ1) is 55.7. The molecule has 0 atom stereocenters. The Hall–Kier alpha value is -6.69. The molecule has 652 valence electrons. The van der Waals surface area contributed by atoms with Crippen LogP contribution in [0, 0.1) is 0 Å². The summed E-state index contributed by atoms with van der Waals surface area (Å²) in [6.07, 6.45) is -1.77. The van der Waals surface area contributed by atoms with Crippen LogP contribution in [0.5, 0.6) is 17.2 Å². The van der Waals surface area contributed by atoms with Gasteiger partial charge in [0.25, 0.3) is 5.78 Å². The molecule has 10 saturated heterocycles. The average molecular weight is 1760 g/mol. The lowest BCUT2D eigenvalue weighted by Gasteiger charge is -2.42. The number of sulfonamides is 5. The summed E-state index contributed by atoms with van der Waals surface area (Å²) in [4.78, 5) is 29.7. The first kappa shape index (κ1) is 92.0. The van der Waals surface area contributed by atoms with Crippen LogP contribution in [-0.4, -0.2) is 297 Å². The van der Waals surface area contributed by atoms with Crippen LogP contribution in [-0.2, 0) is 73.8 Å². The van der Waals surface area contributed by atoms with Crippen molar-refractivity contribution in [1.29, 1.82) is 0 Å². The summed E-state index contributed by atoms with van der Waals surface area (Å²) in [5, 5.41) is 6.29. The molecule has 41 heteroatoms. The Morgan fingerprint density at radius 3 is 0.907 bits per heavy atom. The van der Waals surface area contributed by atoms with E-state index in [1.165, 1.54) is 32.0 Å².